The molecule has 3 heterocycles. The molecule has 144 valence electrons. The van der Waals surface area contributed by atoms with Gasteiger partial charge in [-0.25, -0.2) is 15.0 Å². The van der Waals surface area contributed by atoms with Gasteiger partial charge in [-0.3, -0.25) is 0 Å². The third kappa shape index (κ3) is 4.37. The molecule has 0 aliphatic carbocycles. The summed E-state index contributed by atoms with van der Waals surface area (Å²) in [4.78, 5) is 15.8. The van der Waals surface area contributed by atoms with Gasteiger partial charge in [0.15, 0.2) is 0 Å². The van der Waals surface area contributed by atoms with Crippen molar-refractivity contribution in [1.29, 1.82) is 0 Å². The molecular weight excluding hydrogens is 350 g/mol. The van der Waals surface area contributed by atoms with Crippen LogP contribution in [0.2, 0.25) is 0 Å². The number of pyridine rings is 1. The van der Waals surface area contributed by atoms with Crippen molar-refractivity contribution < 1.29 is 0 Å². The van der Waals surface area contributed by atoms with Crippen LogP contribution < -0.4 is 20.9 Å². The van der Waals surface area contributed by atoms with Gasteiger partial charge < -0.3 is 20.9 Å². The second-order valence-corrected chi connectivity index (χ2v) is 6.64. The largest absolute Gasteiger partial charge is 0.370 e. The predicted molar refractivity (Wildman–Crippen MR) is 114 cm³/mol. The highest BCUT2D eigenvalue weighted by molar-refractivity contribution is 5.63. The first-order valence-electron chi connectivity index (χ1n) is 9.68. The lowest BCUT2D eigenvalue weighted by atomic mass is 10.2. The smallest absolute Gasteiger partial charge is 0.227 e. The fourth-order valence-corrected chi connectivity index (χ4v) is 3.22. The summed E-state index contributed by atoms with van der Waals surface area (Å²) in [5.74, 6) is 1.44. The third-order valence-electron chi connectivity index (χ3n) is 4.68. The Hall–Kier alpha value is -3.19. The minimum absolute atomic E-state index is 0.572. The Bertz CT molecular complexity index is 887. The monoisotopic (exact) mass is 375 g/mol. The zero-order valence-electron chi connectivity index (χ0n) is 16.0. The number of benzene rings is 1. The predicted octanol–water partition coefficient (Wildman–Crippen LogP) is 3.12. The molecule has 1 saturated heterocycles. The van der Waals surface area contributed by atoms with Gasteiger partial charge in [-0.1, -0.05) is 0 Å². The molecule has 0 radical (unpaired) electrons. The van der Waals surface area contributed by atoms with Crippen molar-refractivity contribution >= 4 is 23.1 Å². The summed E-state index contributed by atoms with van der Waals surface area (Å²) >= 11 is 0. The minimum Gasteiger partial charge on any atom is -0.370 e. The van der Waals surface area contributed by atoms with Crippen molar-refractivity contribution in [2.24, 2.45) is 0 Å². The van der Waals surface area contributed by atoms with Crippen molar-refractivity contribution in [1.82, 2.24) is 20.3 Å². The summed E-state index contributed by atoms with van der Waals surface area (Å²) in [6.07, 6.45) is 3.59. The summed E-state index contributed by atoms with van der Waals surface area (Å²) in [7, 11) is 0. The highest BCUT2D eigenvalue weighted by Crippen LogP contribution is 2.22. The summed E-state index contributed by atoms with van der Waals surface area (Å²) in [6, 6.07) is 14.3. The van der Waals surface area contributed by atoms with Crippen LogP contribution in [0.3, 0.4) is 0 Å². The minimum atomic E-state index is 0.572. The Morgan fingerprint density at radius 1 is 1.00 bits per heavy atom. The first-order valence-corrected chi connectivity index (χ1v) is 9.68. The van der Waals surface area contributed by atoms with Crippen molar-refractivity contribution in [3.63, 3.8) is 0 Å². The van der Waals surface area contributed by atoms with Gasteiger partial charge in [0.2, 0.25) is 5.95 Å². The molecule has 3 aromatic rings. The standard InChI is InChI=1S/C21H25N7/c1-2-23-20-8-3-16(15-25-20)19-9-10-24-21(27-19)26-17-4-6-18(7-5-17)28-13-11-22-12-14-28/h3-10,15,22H,2,11-14H2,1H3,(H,23,25)(H,24,26,27). The lowest BCUT2D eigenvalue weighted by Gasteiger charge is -2.29. The lowest BCUT2D eigenvalue weighted by molar-refractivity contribution is 0.589. The summed E-state index contributed by atoms with van der Waals surface area (Å²) in [5, 5.41) is 9.86. The van der Waals surface area contributed by atoms with Gasteiger partial charge in [-0.2, -0.15) is 0 Å². The van der Waals surface area contributed by atoms with E-state index in [1.807, 2.05) is 31.3 Å². The third-order valence-corrected chi connectivity index (χ3v) is 4.68. The Kier molecular flexibility index (Phi) is 5.63. The SMILES string of the molecule is CCNc1ccc(-c2ccnc(Nc3ccc(N4CCNCC4)cc3)n2)cn1. The van der Waals surface area contributed by atoms with Crippen molar-refractivity contribution in [2.75, 3.05) is 48.3 Å². The molecule has 3 N–H and O–H groups in total. The summed E-state index contributed by atoms with van der Waals surface area (Å²) in [5.41, 5.74) is 4.01. The maximum absolute atomic E-state index is 4.62. The first-order chi connectivity index (χ1) is 13.8. The number of piperazine rings is 1. The molecule has 7 heteroatoms. The van der Waals surface area contributed by atoms with E-state index < -0.39 is 0 Å². The van der Waals surface area contributed by atoms with Crippen LogP contribution in [0, 0.1) is 0 Å². The van der Waals surface area contributed by atoms with Gasteiger partial charge in [0.05, 0.1) is 5.69 Å². The fraction of sp³-hybridized carbons (Fsp3) is 0.286. The van der Waals surface area contributed by atoms with E-state index in [0.29, 0.717) is 5.95 Å². The van der Waals surface area contributed by atoms with E-state index in [1.54, 1.807) is 6.20 Å². The Morgan fingerprint density at radius 2 is 1.82 bits per heavy atom. The number of aromatic nitrogens is 3. The molecular formula is C21H25N7. The van der Waals surface area contributed by atoms with Crippen LogP contribution >= 0.6 is 0 Å². The van der Waals surface area contributed by atoms with E-state index in [-0.39, 0.29) is 0 Å². The maximum atomic E-state index is 4.62. The van der Waals surface area contributed by atoms with Gasteiger partial charge >= 0.3 is 0 Å². The highest BCUT2D eigenvalue weighted by Gasteiger charge is 2.10. The summed E-state index contributed by atoms with van der Waals surface area (Å²) < 4.78 is 0. The second kappa shape index (κ2) is 8.67. The zero-order chi connectivity index (χ0) is 19.2. The average molecular weight is 375 g/mol. The van der Waals surface area contributed by atoms with Crippen LogP contribution in [0.4, 0.5) is 23.1 Å². The molecule has 1 fully saturated rings. The second-order valence-electron chi connectivity index (χ2n) is 6.64. The molecule has 1 aromatic carbocycles. The topological polar surface area (TPSA) is 78.0 Å². The van der Waals surface area contributed by atoms with Crippen LogP contribution in [0.1, 0.15) is 6.92 Å². The van der Waals surface area contributed by atoms with E-state index in [4.69, 9.17) is 0 Å². The van der Waals surface area contributed by atoms with Crippen LogP contribution in [0.15, 0.2) is 54.9 Å². The van der Waals surface area contributed by atoms with Crippen LogP contribution in [-0.2, 0) is 0 Å². The quantitative estimate of drug-likeness (QED) is 0.611. The molecule has 0 spiro atoms. The number of hydrogen-bond donors (Lipinski definition) is 3. The van der Waals surface area contributed by atoms with Gasteiger partial charge in [0.1, 0.15) is 5.82 Å². The van der Waals surface area contributed by atoms with Gasteiger partial charge in [-0.15, -0.1) is 0 Å². The highest BCUT2D eigenvalue weighted by atomic mass is 15.2. The van der Waals surface area contributed by atoms with Crippen LogP contribution in [0.25, 0.3) is 11.3 Å². The molecule has 7 nitrogen and oxygen atoms in total. The number of hydrogen-bond acceptors (Lipinski definition) is 7. The number of rotatable bonds is 6. The molecule has 1 aliphatic rings. The zero-order valence-corrected chi connectivity index (χ0v) is 16.0. The lowest BCUT2D eigenvalue weighted by Crippen LogP contribution is -2.43. The molecule has 1 aliphatic heterocycles. The number of nitrogens with zero attached hydrogens (tertiary/aromatic N) is 4. The van der Waals surface area contributed by atoms with Gasteiger partial charge in [0.25, 0.3) is 0 Å². The molecule has 0 saturated carbocycles. The summed E-state index contributed by atoms with van der Waals surface area (Å²) in [6.45, 7) is 7.04. The van der Waals surface area contributed by atoms with Crippen molar-refractivity contribution in [3.05, 3.63) is 54.9 Å². The molecule has 0 bridgehead atoms. The molecule has 28 heavy (non-hydrogen) atoms. The van der Waals surface area contributed by atoms with Crippen LogP contribution in [-0.4, -0.2) is 47.7 Å². The number of nitrogens with one attached hydrogen (secondary N) is 3. The van der Waals surface area contributed by atoms with Gasteiger partial charge in [-0.05, 0) is 49.4 Å². The van der Waals surface area contributed by atoms with Gasteiger partial charge in [0, 0.05) is 62.1 Å². The Morgan fingerprint density at radius 3 is 2.54 bits per heavy atom. The average Bonchev–Trinajstić information content (AvgIpc) is 2.76. The van der Waals surface area contributed by atoms with E-state index in [1.165, 1.54) is 5.69 Å². The van der Waals surface area contributed by atoms with Crippen molar-refractivity contribution in [3.8, 4) is 11.3 Å². The fourth-order valence-electron chi connectivity index (χ4n) is 3.22. The molecule has 0 unspecified atom stereocenters. The molecule has 0 atom stereocenters. The van der Waals surface area contributed by atoms with E-state index in [9.17, 15) is 0 Å². The van der Waals surface area contributed by atoms with E-state index >= 15 is 0 Å². The van der Waals surface area contributed by atoms with Crippen molar-refractivity contribution in [2.45, 2.75) is 6.92 Å². The Balaban J connectivity index is 1.45. The van der Waals surface area contributed by atoms with E-state index in [0.717, 1.165) is 55.5 Å². The normalized spacial score (nSPS) is 14.0. The van der Waals surface area contributed by atoms with Crippen LogP contribution in [0.5, 0.6) is 0 Å². The maximum Gasteiger partial charge on any atom is 0.227 e. The number of anilines is 4. The van der Waals surface area contributed by atoms with E-state index in [2.05, 4.69) is 60.1 Å². The Labute approximate surface area is 165 Å². The first kappa shape index (κ1) is 18.2. The molecule has 0 amide bonds. The molecule has 2 aromatic heterocycles. The molecule has 4 rings (SSSR count).